The van der Waals surface area contributed by atoms with E-state index in [-0.39, 0.29) is 35.5 Å². The lowest BCUT2D eigenvalue weighted by atomic mass is 9.85. The minimum atomic E-state index is -0.113. The predicted molar refractivity (Wildman–Crippen MR) is 117 cm³/mol. The summed E-state index contributed by atoms with van der Waals surface area (Å²) in [5.41, 5.74) is 1.46. The smallest absolute Gasteiger partial charge is 0.233 e. The van der Waals surface area contributed by atoms with Gasteiger partial charge in [0.05, 0.1) is 11.8 Å². The van der Waals surface area contributed by atoms with Gasteiger partial charge in [0.25, 0.3) is 0 Å². The minimum Gasteiger partial charge on any atom is -0.355 e. The molecule has 2 aliphatic heterocycles. The van der Waals surface area contributed by atoms with Crippen molar-refractivity contribution >= 4 is 29.1 Å². The molecule has 0 radical (unpaired) electrons. The Bertz CT molecular complexity index is 864. The third-order valence-corrected chi connectivity index (χ3v) is 8.04. The third-order valence-electron chi connectivity index (χ3n) is 7.02. The van der Waals surface area contributed by atoms with Gasteiger partial charge in [0.2, 0.25) is 11.8 Å². The topological polar surface area (TPSA) is 77.0 Å². The van der Waals surface area contributed by atoms with Crippen molar-refractivity contribution in [2.75, 3.05) is 39.8 Å². The molecule has 160 valence electrons. The number of hydrogen-bond acceptors (Lipinski definition) is 5. The average molecular weight is 428 g/mol. The van der Waals surface area contributed by atoms with Gasteiger partial charge in [0.15, 0.2) is 5.96 Å². The molecule has 3 heterocycles. The average Bonchev–Trinajstić information content (AvgIpc) is 3.52. The molecule has 1 aromatic heterocycles. The lowest BCUT2D eigenvalue weighted by molar-refractivity contribution is -0.140. The summed E-state index contributed by atoms with van der Waals surface area (Å²) in [6.07, 6.45) is 6.37. The summed E-state index contributed by atoms with van der Waals surface area (Å²) in [5, 5.41) is 8.78. The fourth-order valence-corrected chi connectivity index (χ4v) is 6.41. The van der Waals surface area contributed by atoms with Gasteiger partial charge in [-0.2, -0.15) is 0 Å². The first-order valence-electron chi connectivity index (χ1n) is 10.9. The van der Waals surface area contributed by atoms with Gasteiger partial charge in [-0.25, -0.2) is 0 Å². The predicted octanol–water partition coefficient (Wildman–Crippen LogP) is 1.08. The second-order valence-corrected chi connectivity index (χ2v) is 9.65. The van der Waals surface area contributed by atoms with E-state index in [0.717, 1.165) is 39.0 Å². The number of likely N-dealkylation sites (tertiary alicyclic amines) is 1. The quantitative estimate of drug-likeness (QED) is 0.308. The highest BCUT2D eigenvalue weighted by Gasteiger charge is 2.58. The van der Waals surface area contributed by atoms with Gasteiger partial charge in [-0.05, 0) is 41.7 Å². The van der Waals surface area contributed by atoms with Gasteiger partial charge in [0, 0.05) is 51.2 Å². The zero-order chi connectivity index (χ0) is 20.7. The second-order valence-electron chi connectivity index (χ2n) is 8.65. The van der Waals surface area contributed by atoms with Crippen LogP contribution in [0.1, 0.15) is 16.9 Å². The zero-order valence-corrected chi connectivity index (χ0v) is 18.2. The van der Waals surface area contributed by atoms with Crippen molar-refractivity contribution in [3.63, 3.8) is 0 Å². The van der Waals surface area contributed by atoms with Crippen molar-refractivity contribution in [3.05, 3.63) is 34.0 Å². The molecular formula is C22H29N5O2S. The van der Waals surface area contributed by atoms with Gasteiger partial charge in [0.1, 0.15) is 0 Å². The maximum atomic E-state index is 12.7. The van der Waals surface area contributed by atoms with Crippen LogP contribution in [0.15, 0.2) is 28.6 Å². The standard InChI is InChI=1S/C22H29N5O2S/c1-23-22(24-6-9-26-8-4-17-16(13-26)5-11-30-17)25-7-10-27-20(28)18-14-2-3-15(12-14)19(18)21(27)29/h2-3,5,11,14-15,18-19H,4,6-10,12-13H2,1H3,(H2,23,24,25). The number of rotatable bonds is 6. The number of hydrogen-bond donors (Lipinski definition) is 2. The fourth-order valence-electron chi connectivity index (χ4n) is 5.52. The van der Waals surface area contributed by atoms with Crippen LogP contribution in [-0.2, 0) is 22.6 Å². The molecule has 8 heteroatoms. The molecule has 4 atom stereocenters. The highest BCUT2D eigenvalue weighted by atomic mass is 32.1. The number of carbonyl (C=O) groups excluding carboxylic acids is 2. The SMILES string of the molecule is CN=C(NCCN1CCc2sccc2C1)NCCN1C(=O)C2C3C=CC(C3)C2C1=O. The highest BCUT2D eigenvalue weighted by Crippen LogP contribution is 2.52. The number of nitrogens with one attached hydrogen (secondary N) is 2. The third kappa shape index (κ3) is 3.46. The first-order chi connectivity index (χ1) is 14.7. The van der Waals surface area contributed by atoms with E-state index in [2.05, 4.69) is 44.1 Å². The molecule has 0 spiro atoms. The van der Waals surface area contributed by atoms with Crippen LogP contribution in [0.2, 0.25) is 0 Å². The van der Waals surface area contributed by atoms with Crippen LogP contribution < -0.4 is 10.6 Å². The number of amides is 2. The van der Waals surface area contributed by atoms with Crippen molar-refractivity contribution in [2.24, 2.45) is 28.7 Å². The molecule has 2 bridgehead atoms. The molecule has 2 amide bonds. The minimum absolute atomic E-state index is 0.0181. The van der Waals surface area contributed by atoms with E-state index in [0.29, 0.717) is 19.0 Å². The molecule has 7 nitrogen and oxygen atoms in total. The fraction of sp³-hybridized carbons (Fsp3) is 0.591. The number of fused-ring (bicyclic) bond motifs is 6. The molecule has 2 aliphatic carbocycles. The molecule has 2 N–H and O–H groups in total. The van der Waals surface area contributed by atoms with E-state index >= 15 is 0 Å². The number of thiophene rings is 1. The summed E-state index contributed by atoms with van der Waals surface area (Å²) in [5.74, 6) is 1.06. The van der Waals surface area contributed by atoms with Gasteiger partial charge < -0.3 is 10.6 Å². The Morgan fingerprint density at radius 1 is 1.13 bits per heavy atom. The van der Waals surface area contributed by atoms with Crippen LogP contribution in [0.5, 0.6) is 0 Å². The molecule has 1 saturated heterocycles. The summed E-state index contributed by atoms with van der Waals surface area (Å²) >= 11 is 1.86. The van der Waals surface area contributed by atoms with Gasteiger partial charge >= 0.3 is 0 Å². The lowest BCUT2D eigenvalue weighted by Crippen LogP contribution is -2.45. The molecular weight excluding hydrogens is 398 g/mol. The van der Waals surface area contributed by atoms with Crippen LogP contribution in [0.25, 0.3) is 0 Å². The number of allylic oxidation sites excluding steroid dienone is 2. The first kappa shape index (κ1) is 19.8. The molecule has 5 rings (SSSR count). The molecule has 1 saturated carbocycles. The Morgan fingerprint density at radius 2 is 1.83 bits per heavy atom. The molecule has 30 heavy (non-hydrogen) atoms. The van der Waals surface area contributed by atoms with Crippen LogP contribution >= 0.6 is 11.3 Å². The maximum Gasteiger partial charge on any atom is 0.233 e. The monoisotopic (exact) mass is 427 g/mol. The van der Waals surface area contributed by atoms with Crippen molar-refractivity contribution in [3.8, 4) is 0 Å². The highest BCUT2D eigenvalue weighted by molar-refractivity contribution is 7.10. The maximum absolute atomic E-state index is 12.7. The van der Waals surface area contributed by atoms with E-state index in [4.69, 9.17) is 0 Å². The number of guanidine groups is 1. The normalized spacial score (nSPS) is 30.2. The van der Waals surface area contributed by atoms with Crippen molar-refractivity contribution < 1.29 is 9.59 Å². The molecule has 1 aromatic rings. The van der Waals surface area contributed by atoms with Crippen LogP contribution in [-0.4, -0.2) is 67.3 Å². The van der Waals surface area contributed by atoms with Crippen molar-refractivity contribution in [1.29, 1.82) is 0 Å². The van der Waals surface area contributed by atoms with E-state index in [9.17, 15) is 9.59 Å². The second kappa shape index (κ2) is 8.15. The number of imide groups is 1. The van der Waals surface area contributed by atoms with Crippen molar-refractivity contribution in [2.45, 2.75) is 19.4 Å². The van der Waals surface area contributed by atoms with Crippen LogP contribution in [0, 0.1) is 23.7 Å². The number of aliphatic imine (C=N–C) groups is 1. The molecule has 0 aromatic carbocycles. The number of carbonyl (C=O) groups is 2. The van der Waals surface area contributed by atoms with Crippen LogP contribution in [0.3, 0.4) is 0 Å². The van der Waals surface area contributed by atoms with E-state index < -0.39 is 0 Å². The summed E-state index contributed by atoms with van der Waals surface area (Å²) in [7, 11) is 1.74. The largest absolute Gasteiger partial charge is 0.355 e. The number of nitrogens with zero attached hydrogens (tertiary/aromatic N) is 3. The van der Waals surface area contributed by atoms with E-state index in [1.165, 1.54) is 15.3 Å². The van der Waals surface area contributed by atoms with Crippen molar-refractivity contribution in [1.82, 2.24) is 20.4 Å². The summed E-state index contributed by atoms with van der Waals surface area (Å²) in [6.45, 7) is 4.79. The van der Waals surface area contributed by atoms with Crippen LogP contribution in [0.4, 0.5) is 0 Å². The Hall–Kier alpha value is -2.19. The zero-order valence-electron chi connectivity index (χ0n) is 17.3. The summed E-state index contributed by atoms with van der Waals surface area (Å²) in [4.78, 5) is 35.2. The molecule has 4 aliphatic rings. The Balaban J connectivity index is 1.05. The van der Waals surface area contributed by atoms with Gasteiger partial charge in [-0.15, -0.1) is 11.3 Å². The Kier molecular flexibility index (Phi) is 5.37. The van der Waals surface area contributed by atoms with E-state index in [1.807, 2.05) is 11.3 Å². The summed E-state index contributed by atoms with van der Waals surface area (Å²) < 4.78 is 0. The molecule has 2 fully saturated rings. The Labute approximate surface area is 181 Å². The molecule has 4 unspecified atom stereocenters. The van der Waals surface area contributed by atoms with E-state index in [1.54, 1.807) is 7.05 Å². The lowest BCUT2D eigenvalue weighted by Gasteiger charge is -2.27. The Morgan fingerprint density at radius 3 is 2.53 bits per heavy atom. The first-order valence-corrected chi connectivity index (χ1v) is 11.8. The summed E-state index contributed by atoms with van der Waals surface area (Å²) in [6, 6.07) is 2.23. The van der Waals surface area contributed by atoms with Gasteiger partial charge in [-0.1, -0.05) is 12.2 Å². The van der Waals surface area contributed by atoms with Gasteiger partial charge in [-0.3, -0.25) is 24.4 Å².